The number of fused-ring (bicyclic) bond motifs is 1. The van der Waals surface area contributed by atoms with Crippen molar-refractivity contribution in [2.45, 2.75) is 13.3 Å². The third-order valence-corrected chi connectivity index (χ3v) is 5.32. The zero-order chi connectivity index (χ0) is 18.8. The van der Waals surface area contributed by atoms with Gasteiger partial charge in [0.25, 0.3) is 5.91 Å². The standard InChI is InChI=1S/C21H17N3O2S/c1-13-10-19(25)22-12-16(13)21(26)23-15-8-6-14(7-9-15)11-20-24-17-4-2-3-5-18(17)27-20/h2-10,12H,11H2,1H3,(H,22,25)(H,23,26). The zero-order valence-corrected chi connectivity index (χ0v) is 15.5. The number of thiazole rings is 1. The van der Waals surface area contributed by atoms with Crippen LogP contribution in [0.4, 0.5) is 5.69 Å². The number of aromatic amines is 1. The number of H-pyrrole nitrogens is 1. The summed E-state index contributed by atoms with van der Waals surface area (Å²) in [5, 5.41) is 3.92. The number of pyridine rings is 1. The van der Waals surface area contributed by atoms with Crippen molar-refractivity contribution < 1.29 is 4.79 Å². The lowest BCUT2D eigenvalue weighted by atomic mass is 10.1. The van der Waals surface area contributed by atoms with Gasteiger partial charge in [-0.3, -0.25) is 9.59 Å². The first-order chi connectivity index (χ1) is 13.1. The van der Waals surface area contributed by atoms with E-state index in [9.17, 15) is 9.59 Å². The minimum Gasteiger partial charge on any atom is -0.328 e. The van der Waals surface area contributed by atoms with Crippen LogP contribution in [-0.4, -0.2) is 15.9 Å². The van der Waals surface area contributed by atoms with E-state index in [-0.39, 0.29) is 11.5 Å². The lowest BCUT2D eigenvalue weighted by molar-refractivity contribution is 0.102. The predicted molar refractivity (Wildman–Crippen MR) is 109 cm³/mol. The van der Waals surface area contributed by atoms with E-state index in [4.69, 9.17) is 0 Å². The van der Waals surface area contributed by atoms with Crippen LogP contribution < -0.4 is 10.9 Å². The van der Waals surface area contributed by atoms with Crippen molar-refractivity contribution in [1.82, 2.24) is 9.97 Å². The van der Waals surface area contributed by atoms with Gasteiger partial charge in [0.05, 0.1) is 20.8 Å². The monoisotopic (exact) mass is 375 g/mol. The Hall–Kier alpha value is -3.25. The summed E-state index contributed by atoms with van der Waals surface area (Å²) in [4.78, 5) is 30.8. The minimum absolute atomic E-state index is 0.219. The van der Waals surface area contributed by atoms with Crippen LogP contribution in [0.1, 0.15) is 26.5 Å². The quantitative estimate of drug-likeness (QED) is 0.563. The molecule has 4 rings (SSSR count). The molecule has 5 nitrogen and oxygen atoms in total. The summed E-state index contributed by atoms with van der Waals surface area (Å²) in [5.74, 6) is -0.248. The van der Waals surface area contributed by atoms with Crippen LogP contribution in [0.2, 0.25) is 0 Å². The second-order valence-electron chi connectivity index (χ2n) is 6.30. The highest BCUT2D eigenvalue weighted by atomic mass is 32.1. The van der Waals surface area contributed by atoms with E-state index < -0.39 is 0 Å². The molecule has 27 heavy (non-hydrogen) atoms. The van der Waals surface area contributed by atoms with Crippen molar-refractivity contribution in [2.75, 3.05) is 5.32 Å². The van der Waals surface area contributed by atoms with Crippen molar-refractivity contribution in [3.05, 3.63) is 92.8 Å². The van der Waals surface area contributed by atoms with E-state index in [1.54, 1.807) is 18.3 Å². The van der Waals surface area contributed by atoms with Gasteiger partial charge < -0.3 is 10.3 Å². The fourth-order valence-electron chi connectivity index (χ4n) is 2.89. The summed E-state index contributed by atoms with van der Waals surface area (Å²) < 4.78 is 1.19. The number of rotatable bonds is 4. The molecule has 4 aromatic rings. The summed E-state index contributed by atoms with van der Waals surface area (Å²) in [6.45, 7) is 1.74. The molecule has 2 heterocycles. The van der Waals surface area contributed by atoms with Gasteiger partial charge in [0.15, 0.2) is 0 Å². The molecule has 0 aliphatic rings. The van der Waals surface area contributed by atoms with Gasteiger partial charge in [0.1, 0.15) is 0 Å². The zero-order valence-electron chi connectivity index (χ0n) is 14.7. The topological polar surface area (TPSA) is 74.8 Å². The Morgan fingerprint density at radius 1 is 1.15 bits per heavy atom. The normalized spacial score (nSPS) is 10.9. The first kappa shape index (κ1) is 17.2. The molecule has 0 unspecified atom stereocenters. The molecule has 0 fully saturated rings. The van der Waals surface area contributed by atoms with Crippen molar-refractivity contribution in [2.24, 2.45) is 0 Å². The van der Waals surface area contributed by atoms with Gasteiger partial charge in [-0.2, -0.15) is 0 Å². The molecular weight excluding hydrogens is 358 g/mol. The Kier molecular flexibility index (Phi) is 4.56. The number of amides is 1. The van der Waals surface area contributed by atoms with Gasteiger partial charge in [-0.15, -0.1) is 11.3 Å². The third-order valence-electron chi connectivity index (χ3n) is 4.28. The van der Waals surface area contributed by atoms with E-state index in [2.05, 4.69) is 21.4 Å². The van der Waals surface area contributed by atoms with Crippen LogP contribution in [-0.2, 0) is 6.42 Å². The summed E-state index contributed by atoms with van der Waals surface area (Å²) in [5.41, 5.74) is 3.74. The van der Waals surface area contributed by atoms with Gasteiger partial charge in [-0.25, -0.2) is 4.98 Å². The summed E-state index contributed by atoms with van der Waals surface area (Å²) in [6.07, 6.45) is 2.20. The highest BCUT2D eigenvalue weighted by molar-refractivity contribution is 7.18. The number of carbonyl (C=O) groups is 1. The average molecular weight is 375 g/mol. The molecule has 0 radical (unpaired) electrons. The second-order valence-corrected chi connectivity index (χ2v) is 7.41. The first-order valence-electron chi connectivity index (χ1n) is 8.52. The molecule has 0 saturated carbocycles. The molecule has 2 aromatic heterocycles. The molecule has 0 bridgehead atoms. The number of para-hydroxylation sites is 1. The lowest BCUT2D eigenvalue weighted by Crippen LogP contribution is -2.16. The van der Waals surface area contributed by atoms with Crippen LogP contribution in [0.15, 0.2) is 65.6 Å². The molecule has 0 atom stereocenters. The minimum atomic E-state index is -0.248. The molecule has 0 aliphatic heterocycles. The maximum absolute atomic E-state index is 12.4. The molecule has 1 amide bonds. The van der Waals surface area contributed by atoms with E-state index in [1.165, 1.54) is 17.0 Å². The summed E-state index contributed by atoms with van der Waals surface area (Å²) in [6, 6.07) is 17.3. The SMILES string of the molecule is Cc1cc(=O)[nH]cc1C(=O)Nc1ccc(Cc2nc3ccccc3s2)cc1. The molecule has 0 spiro atoms. The predicted octanol–water partition coefficient (Wildman–Crippen LogP) is 4.14. The molecular formula is C21H17N3O2S. The molecule has 6 heteroatoms. The highest BCUT2D eigenvalue weighted by Crippen LogP contribution is 2.24. The number of nitrogens with zero attached hydrogens (tertiary/aromatic N) is 1. The largest absolute Gasteiger partial charge is 0.328 e. The Morgan fingerprint density at radius 3 is 2.67 bits per heavy atom. The van der Waals surface area contributed by atoms with Crippen LogP contribution >= 0.6 is 11.3 Å². The van der Waals surface area contributed by atoms with Gasteiger partial charge in [-0.1, -0.05) is 24.3 Å². The van der Waals surface area contributed by atoms with Crippen LogP contribution in [0, 0.1) is 6.92 Å². The molecule has 134 valence electrons. The van der Waals surface area contributed by atoms with Crippen molar-refractivity contribution in [3.8, 4) is 0 Å². The fourth-order valence-corrected chi connectivity index (χ4v) is 3.89. The number of benzene rings is 2. The highest BCUT2D eigenvalue weighted by Gasteiger charge is 2.10. The smallest absolute Gasteiger partial charge is 0.257 e. The van der Waals surface area contributed by atoms with E-state index in [0.29, 0.717) is 16.8 Å². The van der Waals surface area contributed by atoms with Crippen LogP contribution in [0.3, 0.4) is 0 Å². The van der Waals surface area contributed by atoms with E-state index >= 15 is 0 Å². The third kappa shape index (κ3) is 3.80. The van der Waals surface area contributed by atoms with Crippen molar-refractivity contribution >= 4 is 33.1 Å². The summed E-state index contributed by atoms with van der Waals surface area (Å²) >= 11 is 1.70. The Labute approximate surface area is 159 Å². The number of hydrogen-bond acceptors (Lipinski definition) is 4. The Morgan fingerprint density at radius 2 is 1.93 bits per heavy atom. The fraction of sp³-hybridized carbons (Fsp3) is 0.0952. The molecule has 2 N–H and O–H groups in total. The molecule has 0 saturated heterocycles. The number of aryl methyl sites for hydroxylation is 1. The van der Waals surface area contributed by atoms with Gasteiger partial charge in [0.2, 0.25) is 5.56 Å². The molecule has 2 aromatic carbocycles. The van der Waals surface area contributed by atoms with E-state index in [1.807, 2.05) is 42.5 Å². The van der Waals surface area contributed by atoms with Crippen molar-refractivity contribution in [1.29, 1.82) is 0 Å². The number of carbonyl (C=O) groups excluding carboxylic acids is 1. The molecule has 0 aliphatic carbocycles. The maximum Gasteiger partial charge on any atom is 0.257 e. The lowest BCUT2D eigenvalue weighted by Gasteiger charge is -2.08. The van der Waals surface area contributed by atoms with Gasteiger partial charge in [-0.05, 0) is 42.3 Å². The van der Waals surface area contributed by atoms with E-state index in [0.717, 1.165) is 22.5 Å². The van der Waals surface area contributed by atoms with Gasteiger partial charge in [0, 0.05) is 24.4 Å². The number of aromatic nitrogens is 2. The van der Waals surface area contributed by atoms with Crippen LogP contribution in [0.5, 0.6) is 0 Å². The average Bonchev–Trinajstić information content (AvgIpc) is 3.05. The number of anilines is 1. The van der Waals surface area contributed by atoms with Crippen molar-refractivity contribution in [3.63, 3.8) is 0 Å². The Bertz CT molecular complexity index is 1140. The Balaban J connectivity index is 1.47. The van der Waals surface area contributed by atoms with Crippen LogP contribution in [0.25, 0.3) is 10.2 Å². The number of nitrogens with one attached hydrogen (secondary N) is 2. The first-order valence-corrected chi connectivity index (χ1v) is 9.34. The number of hydrogen-bond donors (Lipinski definition) is 2. The second kappa shape index (κ2) is 7.17. The maximum atomic E-state index is 12.4. The summed E-state index contributed by atoms with van der Waals surface area (Å²) in [7, 11) is 0. The van der Waals surface area contributed by atoms with Gasteiger partial charge >= 0.3 is 0 Å².